The van der Waals surface area contributed by atoms with Crippen LogP contribution in [0.1, 0.15) is 107 Å². The van der Waals surface area contributed by atoms with Gasteiger partial charge in [0.1, 0.15) is 0 Å². The maximum absolute atomic E-state index is 12.4. The summed E-state index contributed by atoms with van der Waals surface area (Å²) in [7, 11) is 4.67. The molecule has 0 aromatic heterocycles. The summed E-state index contributed by atoms with van der Waals surface area (Å²) in [5, 5.41) is 19.9. The highest BCUT2D eigenvalue weighted by atomic mass is 16.7. The lowest BCUT2D eigenvalue weighted by Crippen LogP contribution is -2.59. The molecule has 5 fully saturated rings. The predicted octanol–water partition coefficient (Wildman–Crippen LogP) is 5.67. The molecule has 5 saturated heterocycles. The fourth-order valence-electron chi connectivity index (χ4n) is 10.5. The van der Waals surface area contributed by atoms with Crippen LogP contribution in [0.2, 0.25) is 0 Å². The predicted molar refractivity (Wildman–Crippen MR) is 182 cm³/mol. The smallest absolute Gasteiger partial charge is 0.364 e. The zero-order chi connectivity index (χ0) is 37.0. The van der Waals surface area contributed by atoms with Crippen LogP contribution in [0.25, 0.3) is 0 Å². The normalized spacial score (nSPS) is 48.5. The minimum atomic E-state index is -1.69. The van der Waals surface area contributed by atoms with Crippen LogP contribution in [-0.4, -0.2) is 109 Å². The van der Waals surface area contributed by atoms with E-state index >= 15 is 0 Å². The molecule has 288 valence electrons. The van der Waals surface area contributed by atoms with Gasteiger partial charge in [-0.05, 0) is 64.2 Å². The van der Waals surface area contributed by atoms with Crippen LogP contribution < -0.4 is 0 Å². The Morgan fingerprint density at radius 2 is 1.64 bits per heavy atom. The molecule has 1 spiro atoms. The number of rotatable bonds is 12. The fourth-order valence-corrected chi connectivity index (χ4v) is 10.5. The molecule has 5 aliphatic heterocycles. The van der Waals surface area contributed by atoms with E-state index in [2.05, 4.69) is 34.6 Å². The molecule has 12 nitrogen and oxygen atoms in total. The third-order valence-electron chi connectivity index (χ3n) is 13.5. The van der Waals surface area contributed by atoms with Crippen LogP contribution in [0.5, 0.6) is 0 Å². The third-order valence-corrected chi connectivity index (χ3v) is 13.5. The van der Waals surface area contributed by atoms with Gasteiger partial charge in [0.05, 0.1) is 59.8 Å². The maximum atomic E-state index is 12.4. The Hall–Kier alpha value is -1.38. The average Bonchev–Trinajstić information content (AvgIpc) is 3.78. The lowest BCUT2D eigenvalue weighted by molar-refractivity contribution is -0.337. The molecule has 0 unspecified atom stereocenters. The molecule has 0 saturated carbocycles. The first-order valence-corrected chi connectivity index (χ1v) is 18.9. The monoisotopic (exact) mass is 712 g/mol. The number of carboxylic acid groups (broad SMARTS) is 2. The summed E-state index contributed by atoms with van der Waals surface area (Å²) >= 11 is 0. The molecule has 0 amide bonds. The minimum absolute atomic E-state index is 0.00256. The second-order valence-corrected chi connectivity index (χ2v) is 16.7. The molecule has 0 aromatic carbocycles. The highest BCUT2D eigenvalue weighted by Crippen LogP contribution is 2.55. The van der Waals surface area contributed by atoms with E-state index in [-0.39, 0.29) is 60.1 Å². The number of methoxy groups -OCH3 is 3. The Morgan fingerprint density at radius 3 is 2.22 bits per heavy atom. The number of hydrogen-bond donors (Lipinski definition) is 2. The minimum Gasteiger partial charge on any atom is -0.481 e. The summed E-state index contributed by atoms with van der Waals surface area (Å²) in [5.74, 6) is -5.54. The van der Waals surface area contributed by atoms with Gasteiger partial charge >= 0.3 is 11.9 Å². The number of carboxylic acids is 2. The fraction of sp³-hybridized carbons (Fsp3) is 0.947. The molecular formula is C38H64O12. The topological polar surface area (TPSA) is 148 Å². The van der Waals surface area contributed by atoms with Crippen molar-refractivity contribution in [3.05, 3.63) is 0 Å². The summed E-state index contributed by atoms with van der Waals surface area (Å²) in [5.41, 5.74) is -1.14. The van der Waals surface area contributed by atoms with Gasteiger partial charge in [0.2, 0.25) is 0 Å². The SMILES string of the molecule is CC[C@@]1([C@@H]2O[C@@H]([C@H]3O[C@@](OC)(C(=O)O)[C@H](C)C[C@@H]3C)C[C@@H]2C)CC[C@H]([C@]2(C)CC[C@]3(C[C@H](OC)[C@@H](C)[C@@H]([C@@H](C)[C@@H](OC)[C@H](C)C(=O)O)O3)O2)O1. The number of carbonyl (C=O) groups is 2. The van der Waals surface area contributed by atoms with Gasteiger partial charge in [-0.15, -0.1) is 0 Å². The van der Waals surface area contributed by atoms with Gasteiger partial charge in [-0.1, -0.05) is 41.5 Å². The molecule has 50 heavy (non-hydrogen) atoms. The maximum Gasteiger partial charge on any atom is 0.364 e. The molecule has 0 bridgehead atoms. The van der Waals surface area contributed by atoms with Gasteiger partial charge < -0.3 is 48.1 Å². The first kappa shape index (κ1) is 39.8. The first-order valence-electron chi connectivity index (χ1n) is 18.9. The molecular weight excluding hydrogens is 648 g/mol. The zero-order valence-corrected chi connectivity index (χ0v) is 32.1. The molecule has 0 aromatic rings. The van der Waals surface area contributed by atoms with Crippen molar-refractivity contribution in [1.82, 2.24) is 0 Å². The van der Waals surface area contributed by atoms with E-state index in [1.807, 2.05) is 13.8 Å². The standard InChI is InChI=1S/C38H64O12/c1-12-36(32-21(3)18-26(46-32)29-20(2)17-22(4)38(45-11,49-29)34(41)42)14-13-28(47-36)35(8)15-16-37(50-35)19-27(43-9)23(5)31(48-37)24(6)30(44-10)25(7)33(39)40/h20-32H,12-19H2,1-11H3,(H,39,40)(H,41,42)/t20-,21-,22+,23+,24-,25-,26+,27-,28+,29-,30+,31-,32+,35-,36-,37+,38+/m0/s1. The Bertz CT molecular complexity index is 1220. The van der Waals surface area contributed by atoms with Crippen molar-refractivity contribution in [1.29, 1.82) is 0 Å². The van der Waals surface area contributed by atoms with Crippen LogP contribution in [-0.2, 0) is 47.5 Å². The van der Waals surface area contributed by atoms with Crippen molar-refractivity contribution < 1.29 is 57.7 Å². The van der Waals surface area contributed by atoms with E-state index in [1.165, 1.54) is 7.11 Å². The van der Waals surface area contributed by atoms with Gasteiger partial charge in [-0.25, -0.2) is 4.79 Å². The Morgan fingerprint density at radius 1 is 0.940 bits per heavy atom. The Kier molecular flexibility index (Phi) is 11.8. The van der Waals surface area contributed by atoms with Crippen LogP contribution >= 0.6 is 0 Å². The molecule has 0 radical (unpaired) electrons. The average molecular weight is 713 g/mol. The summed E-state index contributed by atoms with van der Waals surface area (Å²) in [6.45, 7) is 16.2. The zero-order valence-electron chi connectivity index (χ0n) is 32.1. The summed E-state index contributed by atoms with van der Waals surface area (Å²) in [4.78, 5) is 24.3. The number of hydrogen-bond acceptors (Lipinski definition) is 10. The lowest BCUT2D eigenvalue weighted by atomic mass is 9.78. The first-order chi connectivity index (χ1) is 23.5. The highest BCUT2D eigenvalue weighted by Gasteiger charge is 2.63. The van der Waals surface area contributed by atoms with E-state index in [0.717, 1.165) is 32.1 Å². The van der Waals surface area contributed by atoms with E-state index in [0.29, 0.717) is 19.3 Å². The van der Waals surface area contributed by atoms with Crippen molar-refractivity contribution in [2.45, 2.75) is 172 Å². The molecule has 0 aliphatic carbocycles. The van der Waals surface area contributed by atoms with E-state index in [9.17, 15) is 19.8 Å². The summed E-state index contributed by atoms with van der Waals surface area (Å²) in [6, 6.07) is 0. The van der Waals surface area contributed by atoms with Crippen molar-refractivity contribution in [3.8, 4) is 0 Å². The van der Waals surface area contributed by atoms with Crippen molar-refractivity contribution in [2.75, 3.05) is 21.3 Å². The second kappa shape index (κ2) is 14.8. The summed E-state index contributed by atoms with van der Waals surface area (Å²) < 4.78 is 51.6. The molecule has 5 aliphatic rings. The number of aliphatic carboxylic acids is 2. The van der Waals surface area contributed by atoms with Gasteiger partial charge in [-0.3, -0.25) is 4.79 Å². The summed E-state index contributed by atoms with van der Waals surface area (Å²) in [6.07, 6.45) is 3.71. The van der Waals surface area contributed by atoms with E-state index < -0.39 is 52.8 Å². The Labute approximate surface area is 298 Å². The molecule has 2 N–H and O–H groups in total. The van der Waals surface area contributed by atoms with Crippen molar-refractivity contribution in [3.63, 3.8) is 0 Å². The van der Waals surface area contributed by atoms with Gasteiger partial charge in [0.15, 0.2) is 5.79 Å². The molecule has 12 heteroatoms. The molecule has 5 heterocycles. The third kappa shape index (κ3) is 6.78. The quantitative estimate of drug-likeness (QED) is 0.257. The van der Waals surface area contributed by atoms with Crippen molar-refractivity contribution in [2.24, 2.45) is 35.5 Å². The van der Waals surface area contributed by atoms with Gasteiger partial charge in [-0.2, -0.15) is 0 Å². The lowest BCUT2D eigenvalue weighted by Gasteiger charge is -2.49. The van der Waals surface area contributed by atoms with Gasteiger partial charge in [0.25, 0.3) is 5.79 Å². The van der Waals surface area contributed by atoms with Crippen LogP contribution in [0.15, 0.2) is 0 Å². The van der Waals surface area contributed by atoms with E-state index in [4.69, 9.17) is 37.9 Å². The largest absolute Gasteiger partial charge is 0.481 e. The highest BCUT2D eigenvalue weighted by molar-refractivity contribution is 5.76. The Balaban J connectivity index is 1.31. The van der Waals surface area contributed by atoms with E-state index in [1.54, 1.807) is 21.1 Å². The van der Waals surface area contributed by atoms with Gasteiger partial charge in [0, 0.05) is 51.9 Å². The molecule has 5 rings (SSSR count). The second-order valence-electron chi connectivity index (χ2n) is 16.7. The van der Waals surface area contributed by atoms with Crippen LogP contribution in [0.3, 0.4) is 0 Å². The van der Waals surface area contributed by atoms with Crippen molar-refractivity contribution >= 4 is 11.9 Å². The number of ether oxygens (including phenoxy) is 8. The van der Waals surface area contributed by atoms with Crippen LogP contribution in [0, 0.1) is 35.5 Å². The van der Waals surface area contributed by atoms with Crippen LogP contribution in [0.4, 0.5) is 0 Å². The molecule has 17 atom stereocenters.